The average Bonchev–Trinajstić information content (AvgIpc) is 2.78. The van der Waals surface area contributed by atoms with E-state index in [9.17, 15) is 14.7 Å². The molecule has 0 aliphatic rings. The van der Waals surface area contributed by atoms with E-state index in [2.05, 4.69) is 10.5 Å². The number of carboxylic acids is 1. The quantitative estimate of drug-likeness (QED) is 0.840. The second-order valence-electron chi connectivity index (χ2n) is 4.42. The molecule has 1 aromatic carbocycles. The van der Waals surface area contributed by atoms with Gasteiger partial charge in [0.25, 0.3) is 5.91 Å². The summed E-state index contributed by atoms with van der Waals surface area (Å²) in [7, 11) is 0. The molecule has 0 unspecified atom stereocenters. The zero-order valence-corrected chi connectivity index (χ0v) is 11.6. The fraction of sp³-hybridized carbons (Fsp3) is 0.133. The molecule has 1 amide bonds. The SMILES string of the molecule is Cc1noc(C)c1/C=C(\NC(=O)c1ccccc1)C(=O)O. The summed E-state index contributed by atoms with van der Waals surface area (Å²) in [6.45, 7) is 3.37. The fourth-order valence-corrected chi connectivity index (χ4v) is 1.78. The first kappa shape index (κ1) is 14.5. The molecular weight excluding hydrogens is 272 g/mol. The molecular formula is C15H14N2O4. The first-order valence-electron chi connectivity index (χ1n) is 6.23. The van der Waals surface area contributed by atoms with E-state index in [4.69, 9.17) is 4.52 Å². The monoisotopic (exact) mass is 286 g/mol. The number of hydrogen-bond acceptors (Lipinski definition) is 4. The Morgan fingerprint density at radius 3 is 2.43 bits per heavy atom. The van der Waals surface area contributed by atoms with E-state index in [1.807, 2.05) is 0 Å². The standard InChI is InChI=1S/C15H14N2O4/c1-9-12(10(2)21-17-9)8-13(15(19)20)16-14(18)11-6-4-3-5-7-11/h3-8H,1-2H3,(H,16,18)(H,19,20)/b13-8-. The molecule has 0 aliphatic carbocycles. The normalized spacial score (nSPS) is 11.2. The summed E-state index contributed by atoms with van der Waals surface area (Å²) in [5, 5.41) is 15.3. The molecule has 0 bridgehead atoms. The highest BCUT2D eigenvalue weighted by Gasteiger charge is 2.15. The predicted molar refractivity (Wildman–Crippen MR) is 75.5 cm³/mol. The molecule has 0 saturated heterocycles. The zero-order chi connectivity index (χ0) is 15.4. The van der Waals surface area contributed by atoms with Crippen LogP contribution in [-0.4, -0.2) is 22.1 Å². The van der Waals surface area contributed by atoms with Gasteiger partial charge in [0.1, 0.15) is 11.5 Å². The Morgan fingerprint density at radius 2 is 1.90 bits per heavy atom. The van der Waals surface area contributed by atoms with E-state index >= 15 is 0 Å². The van der Waals surface area contributed by atoms with Crippen molar-refractivity contribution in [1.82, 2.24) is 10.5 Å². The van der Waals surface area contributed by atoms with Crippen LogP contribution in [0.4, 0.5) is 0 Å². The molecule has 6 heteroatoms. The number of hydrogen-bond donors (Lipinski definition) is 2. The van der Waals surface area contributed by atoms with Gasteiger partial charge in [0.05, 0.1) is 5.69 Å². The molecule has 1 heterocycles. The molecule has 0 fully saturated rings. The lowest BCUT2D eigenvalue weighted by Gasteiger charge is -2.06. The topological polar surface area (TPSA) is 92.4 Å². The van der Waals surface area contributed by atoms with E-state index < -0.39 is 11.9 Å². The molecule has 1 aromatic heterocycles. The van der Waals surface area contributed by atoms with Crippen LogP contribution in [0.5, 0.6) is 0 Å². The first-order chi connectivity index (χ1) is 9.99. The van der Waals surface area contributed by atoms with Crippen molar-refractivity contribution in [3.8, 4) is 0 Å². The highest BCUT2D eigenvalue weighted by atomic mass is 16.5. The number of aliphatic carboxylic acids is 1. The lowest BCUT2D eigenvalue weighted by molar-refractivity contribution is -0.132. The van der Waals surface area contributed by atoms with Gasteiger partial charge in [0.15, 0.2) is 0 Å². The van der Waals surface area contributed by atoms with Crippen molar-refractivity contribution in [2.24, 2.45) is 0 Å². The van der Waals surface area contributed by atoms with Gasteiger partial charge in [-0.15, -0.1) is 0 Å². The number of benzene rings is 1. The maximum absolute atomic E-state index is 12.0. The maximum Gasteiger partial charge on any atom is 0.352 e. The van der Waals surface area contributed by atoms with E-state index in [1.165, 1.54) is 6.08 Å². The van der Waals surface area contributed by atoms with Gasteiger partial charge in [-0.1, -0.05) is 23.4 Å². The number of aryl methyl sites for hydroxylation is 2. The summed E-state index contributed by atoms with van der Waals surface area (Å²) in [5.74, 6) is -1.24. The summed E-state index contributed by atoms with van der Waals surface area (Å²) in [6.07, 6.45) is 1.34. The predicted octanol–water partition coefficient (Wildman–Crippen LogP) is 2.15. The van der Waals surface area contributed by atoms with Crippen molar-refractivity contribution in [3.05, 3.63) is 58.6 Å². The second kappa shape index (κ2) is 6.04. The summed E-state index contributed by atoms with van der Waals surface area (Å²) in [6, 6.07) is 8.38. The first-order valence-corrected chi connectivity index (χ1v) is 6.23. The third kappa shape index (κ3) is 3.36. The Bertz CT molecular complexity index is 682. The number of rotatable bonds is 4. The van der Waals surface area contributed by atoms with Crippen molar-refractivity contribution >= 4 is 18.0 Å². The minimum atomic E-state index is -1.24. The smallest absolute Gasteiger partial charge is 0.352 e. The van der Waals surface area contributed by atoms with Crippen LogP contribution in [0, 0.1) is 13.8 Å². The number of nitrogens with one attached hydrogen (secondary N) is 1. The number of carbonyl (C=O) groups excluding carboxylic acids is 1. The molecule has 2 aromatic rings. The Balaban J connectivity index is 2.29. The number of nitrogens with zero attached hydrogens (tertiary/aromatic N) is 1. The largest absolute Gasteiger partial charge is 0.477 e. The van der Waals surface area contributed by atoms with Crippen LogP contribution in [0.2, 0.25) is 0 Å². The Hall–Kier alpha value is -2.89. The molecule has 2 rings (SSSR count). The van der Waals surface area contributed by atoms with E-state index in [0.29, 0.717) is 22.6 Å². The van der Waals surface area contributed by atoms with E-state index in [0.717, 1.165) is 0 Å². The van der Waals surface area contributed by atoms with Crippen LogP contribution in [0.15, 0.2) is 40.6 Å². The minimum absolute atomic E-state index is 0.238. The highest BCUT2D eigenvalue weighted by Crippen LogP contribution is 2.16. The van der Waals surface area contributed by atoms with Gasteiger partial charge < -0.3 is 14.9 Å². The van der Waals surface area contributed by atoms with Gasteiger partial charge in [-0.25, -0.2) is 4.79 Å². The molecule has 0 aliphatic heterocycles. The van der Waals surface area contributed by atoms with Crippen molar-refractivity contribution < 1.29 is 19.2 Å². The molecule has 0 spiro atoms. The van der Waals surface area contributed by atoms with Crippen LogP contribution in [0.1, 0.15) is 27.4 Å². The summed E-state index contributed by atoms with van der Waals surface area (Å²) >= 11 is 0. The van der Waals surface area contributed by atoms with Crippen LogP contribution >= 0.6 is 0 Å². The summed E-state index contributed by atoms with van der Waals surface area (Å²) in [5.41, 5.74) is 1.24. The second-order valence-corrected chi connectivity index (χ2v) is 4.42. The van der Waals surface area contributed by atoms with Crippen LogP contribution in [0.3, 0.4) is 0 Å². The number of amides is 1. The molecule has 0 saturated carbocycles. The van der Waals surface area contributed by atoms with Gasteiger partial charge in [0, 0.05) is 11.1 Å². The van der Waals surface area contributed by atoms with E-state index in [-0.39, 0.29) is 5.70 Å². The van der Waals surface area contributed by atoms with Crippen LogP contribution in [-0.2, 0) is 4.79 Å². The fourth-order valence-electron chi connectivity index (χ4n) is 1.78. The lowest BCUT2D eigenvalue weighted by atomic mass is 10.1. The highest BCUT2D eigenvalue weighted by molar-refractivity contribution is 6.02. The molecule has 0 atom stereocenters. The number of carboxylic acid groups (broad SMARTS) is 1. The van der Waals surface area contributed by atoms with Crippen LogP contribution < -0.4 is 5.32 Å². The van der Waals surface area contributed by atoms with Crippen molar-refractivity contribution in [3.63, 3.8) is 0 Å². The Morgan fingerprint density at radius 1 is 1.24 bits per heavy atom. The third-order valence-electron chi connectivity index (χ3n) is 2.89. The van der Waals surface area contributed by atoms with Crippen LogP contribution in [0.25, 0.3) is 6.08 Å². The zero-order valence-electron chi connectivity index (χ0n) is 11.6. The van der Waals surface area contributed by atoms with Crippen molar-refractivity contribution in [1.29, 1.82) is 0 Å². The number of carbonyl (C=O) groups is 2. The van der Waals surface area contributed by atoms with Gasteiger partial charge in [-0.3, -0.25) is 4.79 Å². The lowest BCUT2D eigenvalue weighted by Crippen LogP contribution is -2.27. The van der Waals surface area contributed by atoms with Gasteiger partial charge in [-0.05, 0) is 32.1 Å². The summed E-state index contributed by atoms with van der Waals surface area (Å²) in [4.78, 5) is 23.3. The van der Waals surface area contributed by atoms with Crippen molar-refractivity contribution in [2.45, 2.75) is 13.8 Å². The average molecular weight is 286 g/mol. The third-order valence-corrected chi connectivity index (χ3v) is 2.89. The molecule has 6 nitrogen and oxygen atoms in total. The summed E-state index contributed by atoms with van der Waals surface area (Å²) < 4.78 is 4.97. The van der Waals surface area contributed by atoms with Gasteiger partial charge >= 0.3 is 5.97 Å². The molecule has 0 radical (unpaired) electrons. The molecule has 21 heavy (non-hydrogen) atoms. The molecule has 108 valence electrons. The van der Waals surface area contributed by atoms with Crippen molar-refractivity contribution in [2.75, 3.05) is 0 Å². The molecule has 2 N–H and O–H groups in total. The minimum Gasteiger partial charge on any atom is -0.477 e. The van der Waals surface area contributed by atoms with Gasteiger partial charge in [0.2, 0.25) is 0 Å². The maximum atomic E-state index is 12.0. The number of aromatic nitrogens is 1. The Labute approximate surface area is 121 Å². The van der Waals surface area contributed by atoms with E-state index in [1.54, 1.807) is 44.2 Å². The Kier molecular flexibility index (Phi) is 4.18. The van der Waals surface area contributed by atoms with Gasteiger partial charge in [-0.2, -0.15) is 0 Å².